The second-order valence-corrected chi connectivity index (χ2v) is 4.02. The van der Waals surface area contributed by atoms with Gasteiger partial charge in [0.2, 0.25) is 5.95 Å². The van der Waals surface area contributed by atoms with Gasteiger partial charge >= 0.3 is 0 Å². The molecule has 1 aliphatic carbocycles. The maximum Gasteiger partial charge on any atom is 0.221 e. The van der Waals surface area contributed by atoms with Crippen LogP contribution in [0.25, 0.3) is 0 Å². The molecule has 2 heterocycles. The first kappa shape index (κ1) is 7.35. The van der Waals surface area contributed by atoms with Crippen molar-refractivity contribution >= 4 is 5.95 Å². The average Bonchev–Trinajstić information content (AvgIpc) is 2.65. The second kappa shape index (κ2) is 2.72. The lowest BCUT2D eigenvalue weighted by atomic mass is 9.84. The summed E-state index contributed by atoms with van der Waals surface area (Å²) in [5, 5.41) is 7.62. The number of aromatic nitrogens is 3. The van der Waals surface area contributed by atoms with Crippen molar-refractivity contribution in [1.82, 2.24) is 14.8 Å². The molecule has 1 N–H and O–H groups in total. The molecule has 3 rings (SSSR count). The first-order chi connectivity index (χ1) is 6.45. The SMILES string of the molecule is c1nc2n(n1)C1CCCCC1CN2. The van der Waals surface area contributed by atoms with E-state index in [2.05, 4.69) is 20.1 Å². The molecule has 1 fully saturated rings. The van der Waals surface area contributed by atoms with Crippen LogP contribution in [0.4, 0.5) is 5.95 Å². The summed E-state index contributed by atoms with van der Waals surface area (Å²) in [6.45, 7) is 1.09. The number of nitrogens with zero attached hydrogens (tertiary/aromatic N) is 3. The molecule has 0 aromatic carbocycles. The molecule has 4 nitrogen and oxygen atoms in total. The Morgan fingerprint density at radius 2 is 2.31 bits per heavy atom. The van der Waals surface area contributed by atoms with Crippen molar-refractivity contribution in [2.24, 2.45) is 5.92 Å². The number of hydrogen-bond donors (Lipinski definition) is 1. The van der Waals surface area contributed by atoms with Crippen LogP contribution in [0.15, 0.2) is 6.33 Å². The molecule has 0 radical (unpaired) electrons. The Hall–Kier alpha value is -1.06. The third-order valence-corrected chi connectivity index (χ3v) is 3.28. The van der Waals surface area contributed by atoms with Crippen molar-refractivity contribution in [3.05, 3.63) is 6.33 Å². The summed E-state index contributed by atoms with van der Waals surface area (Å²) in [7, 11) is 0. The molecule has 1 aliphatic heterocycles. The summed E-state index contributed by atoms with van der Waals surface area (Å²) < 4.78 is 2.08. The molecule has 1 aromatic rings. The van der Waals surface area contributed by atoms with Crippen LogP contribution in [0.3, 0.4) is 0 Å². The molecule has 0 spiro atoms. The second-order valence-electron chi connectivity index (χ2n) is 4.02. The molecule has 0 amide bonds. The van der Waals surface area contributed by atoms with Crippen LogP contribution in [0.2, 0.25) is 0 Å². The molecular weight excluding hydrogens is 164 g/mol. The summed E-state index contributed by atoms with van der Waals surface area (Å²) in [6, 6.07) is 0.618. The van der Waals surface area contributed by atoms with Crippen LogP contribution in [0, 0.1) is 5.92 Å². The molecule has 2 atom stereocenters. The van der Waals surface area contributed by atoms with Gasteiger partial charge in [-0.05, 0) is 18.8 Å². The monoisotopic (exact) mass is 178 g/mol. The third-order valence-electron chi connectivity index (χ3n) is 3.28. The number of nitrogens with one attached hydrogen (secondary N) is 1. The van der Waals surface area contributed by atoms with Gasteiger partial charge in [-0.1, -0.05) is 12.8 Å². The van der Waals surface area contributed by atoms with E-state index < -0.39 is 0 Å². The first-order valence-corrected chi connectivity index (χ1v) is 5.08. The van der Waals surface area contributed by atoms with Gasteiger partial charge < -0.3 is 5.32 Å². The predicted molar refractivity (Wildman–Crippen MR) is 49.5 cm³/mol. The van der Waals surface area contributed by atoms with Crippen LogP contribution in [-0.2, 0) is 0 Å². The number of fused-ring (bicyclic) bond motifs is 3. The zero-order chi connectivity index (χ0) is 8.67. The zero-order valence-electron chi connectivity index (χ0n) is 7.61. The van der Waals surface area contributed by atoms with E-state index in [1.807, 2.05) is 0 Å². The van der Waals surface area contributed by atoms with Crippen molar-refractivity contribution in [2.45, 2.75) is 31.7 Å². The Balaban J connectivity index is 1.97. The third kappa shape index (κ3) is 1.04. The smallest absolute Gasteiger partial charge is 0.221 e. The molecule has 1 aromatic heterocycles. The van der Waals surface area contributed by atoms with E-state index in [0.29, 0.717) is 6.04 Å². The average molecular weight is 178 g/mol. The highest BCUT2D eigenvalue weighted by Crippen LogP contribution is 2.37. The lowest BCUT2D eigenvalue weighted by Crippen LogP contribution is -2.35. The highest BCUT2D eigenvalue weighted by Gasteiger charge is 2.32. The molecule has 4 heteroatoms. The Labute approximate surface area is 77.4 Å². The molecule has 2 aliphatic rings. The van der Waals surface area contributed by atoms with Gasteiger partial charge in [0.1, 0.15) is 6.33 Å². The van der Waals surface area contributed by atoms with E-state index in [9.17, 15) is 0 Å². The maximum atomic E-state index is 4.28. The molecule has 0 saturated heterocycles. The molecule has 0 bridgehead atoms. The predicted octanol–water partition coefficient (Wildman–Crippen LogP) is 1.43. The largest absolute Gasteiger partial charge is 0.354 e. The summed E-state index contributed by atoms with van der Waals surface area (Å²) in [5.74, 6) is 1.74. The summed E-state index contributed by atoms with van der Waals surface area (Å²) in [4.78, 5) is 4.19. The van der Waals surface area contributed by atoms with Crippen molar-refractivity contribution in [3.8, 4) is 0 Å². The highest BCUT2D eigenvalue weighted by atomic mass is 15.4. The molecule has 13 heavy (non-hydrogen) atoms. The number of hydrogen-bond acceptors (Lipinski definition) is 3. The van der Waals surface area contributed by atoms with Gasteiger partial charge in [-0.3, -0.25) is 0 Å². The van der Waals surface area contributed by atoms with E-state index in [0.717, 1.165) is 18.4 Å². The van der Waals surface area contributed by atoms with Gasteiger partial charge in [0.25, 0.3) is 0 Å². The van der Waals surface area contributed by atoms with Crippen LogP contribution in [-0.4, -0.2) is 21.3 Å². The normalized spacial score (nSPS) is 31.7. The lowest BCUT2D eigenvalue weighted by Gasteiger charge is -2.36. The Bertz CT molecular complexity index is 306. The van der Waals surface area contributed by atoms with Crippen LogP contribution in [0.1, 0.15) is 31.7 Å². The summed E-state index contributed by atoms with van der Waals surface area (Å²) >= 11 is 0. The summed E-state index contributed by atoms with van der Waals surface area (Å²) in [6.07, 6.45) is 7.01. The van der Waals surface area contributed by atoms with E-state index in [4.69, 9.17) is 0 Å². The van der Waals surface area contributed by atoms with Gasteiger partial charge in [0.05, 0.1) is 6.04 Å². The minimum atomic E-state index is 0.618. The number of anilines is 1. The van der Waals surface area contributed by atoms with Gasteiger partial charge in [0, 0.05) is 6.54 Å². The summed E-state index contributed by atoms with van der Waals surface area (Å²) in [5.41, 5.74) is 0. The first-order valence-electron chi connectivity index (χ1n) is 5.08. The van der Waals surface area contributed by atoms with E-state index in [1.165, 1.54) is 25.7 Å². The fourth-order valence-electron chi connectivity index (χ4n) is 2.59. The van der Waals surface area contributed by atoms with Crippen LogP contribution >= 0.6 is 0 Å². The van der Waals surface area contributed by atoms with Crippen molar-refractivity contribution in [1.29, 1.82) is 0 Å². The fraction of sp³-hybridized carbons (Fsp3) is 0.778. The van der Waals surface area contributed by atoms with Crippen LogP contribution < -0.4 is 5.32 Å². The number of rotatable bonds is 0. The Morgan fingerprint density at radius 3 is 3.31 bits per heavy atom. The van der Waals surface area contributed by atoms with Gasteiger partial charge in [0.15, 0.2) is 0 Å². The molecular formula is C9H14N4. The van der Waals surface area contributed by atoms with Gasteiger partial charge in [-0.25, -0.2) is 4.68 Å². The van der Waals surface area contributed by atoms with E-state index in [1.54, 1.807) is 6.33 Å². The minimum absolute atomic E-state index is 0.618. The van der Waals surface area contributed by atoms with Crippen molar-refractivity contribution < 1.29 is 0 Å². The van der Waals surface area contributed by atoms with Crippen LogP contribution in [0.5, 0.6) is 0 Å². The molecule has 1 saturated carbocycles. The Morgan fingerprint density at radius 1 is 1.38 bits per heavy atom. The Kier molecular flexibility index (Phi) is 1.54. The maximum absolute atomic E-state index is 4.28. The molecule has 70 valence electrons. The van der Waals surface area contributed by atoms with Crippen molar-refractivity contribution in [2.75, 3.05) is 11.9 Å². The topological polar surface area (TPSA) is 42.7 Å². The van der Waals surface area contributed by atoms with E-state index >= 15 is 0 Å². The highest BCUT2D eigenvalue weighted by molar-refractivity contribution is 5.27. The van der Waals surface area contributed by atoms with Crippen molar-refractivity contribution in [3.63, 3.8) is 0 Å². The zero-order valence-corrected chi connectivity index (χ0v) is 7.61. The molecule has 2 unspecified atom stereocenters. The lowest BCUT2D eigenvalue weighted by molar-refractivity contribution is 0.222. The van der Waals surface area contributed by atoms with Gasteiger partial charge in [-0.2, -0.15) is 10.1 Å². The fourth-order valence-corrected chi connectivity index (χ4v) is 2.59. The van der Waals surface area contributed by atoms with Gasteiger partial charge in [-0.15, -0.1) is 0 Å². The quantitative estimate of drug-likeness (QED) is 0.653. The standard InChI is InChI=1S/C9H14N4/c1-2-4-8-7(3-1)5-10-9-11-6-12-13(8)9/h6-8H,1-5H2,(H,10,11,12). The van der Waals surface area contributed by atoms with E-state index in [-0.39, 0.29) is 0 Å². The minimum Gasteiger partial charge on any atom is -0.354 e.